The Kier molecular flexibility index (Phi) is 4.65. The monoisotopic (exact) mass is 272 g/mol. The van der Waals surface area contributed by atoms with Crippen molar-refractivity contribution in [1.82, 2.24) is 9.97 Å². The number of aliphatic carboxylic acids is 1. The number of carbonyl (C=O) groups is 1. The van der Waals surface area contributed by atoms with Crippen molar-refractivity contribution in [2.45, 2.75) is 19.3 Å². The van der Waals surface area contributed by atoms with Gasteiger partial charge in [0.1, 0.15) is 5.92 Å². The van der Waals surface area contributed by atoms with E-state index in [-0.39, 0.29) is 0 Å². The summed E-state index contributed by atoms with van der Waals surface area (Å²) in [5.74, 6) is -1.30. The topological polar surface area (TPSA) is 72.3 Å². The average Bonchev–Trinajstić information content (AvgIpc) is 2.46. The quantitative estimate of drug-likeness (QED) is 0.873. The van der Waals surface area contributed by atoms with E-state index < -0.39 is 11.9 Å². The van der Waals surface area contributed by atoms with Gasteiger partial charge in [-0.05, 0) is 18.9 Å². The lowest BCUT2D eigenvalue weighted by Gasteiger charge is -2.12. The van der Waals surface area contributed by atoms with Crippen LogP contribution in [0.15, 0.2) is 42.7 Å². The molecule has 0 amide bonds. The van der Waals surface area contributed by atoms with Crippen LogP contribution < -0.4 is 4.74 Å². The van der Waals surface area contributed by atoms with E-state index in [2.05, 4.69) is 9.97 Å². The number of hydrogen-bond donors (Lipinski definition) is 1. The van der Waals surface area contributed by atoms with E-state index in [0.29, 0.717) is 24.6 Å². The molecule has 1 heterocycles. The van der Waals surface area contributed by atoms with Crippen LogP contribution in [0, 0.1) is 0 Å². The third kappa shape index (κ3) is 3.54. The van der Waals surface area contributed by atoms with Gasteiger partial charge in [0.25, 0.3) is 0 Å². The molecule has 0 aliphatic rings. The van der Waals surface area contributed by atoms with Gasteiger partial charge in [-0.2, -0.15) is 0 Å². The van der Waals surface area contributed by atoms with Gasteiger partial charge in [0.05, 0.1) is 18.5 Å². The summed E-state index contributed by atoms with van der Waals surface area (Å²) in [6, 6.07) is 9.47. The Bertz CT molecular complexity index is 572. The fraction of sp³-hybridized carbons (Fsp3) is 0.267. The maximum absolute atomic E-state index is 11.5. The molecular weight excluding hydrogens is 256 g/mol. The van der Waals surface area contributed by atoms with Crippen molar-refractivity contribution >= 4 is 5.97 Å². The largest absolute Gasteiger partial charge is 0.481 e. The highest BCUT2D eigenvalue weighted by Crippen LogP contribution is 2.20. The fourth-order valence-corrected chi connectivity index (χ4v) is 1.92. The van der Waals surface area contributed by atoms with Crippen molar-refractivity contribution in [3.8, 4) is 5.88 Å². The van der Waals surface area contributed by atoms with Crippen LogP contribution in [0.25, 0.3) is 0 Å². The van der Waals surface area contributed by atoms with Crippen LogP contribution in [0.3, 0.4) is 0 Å². The van der Waals surface area contributed by atoms with Gasteiger partial charge < -0.3 is 9.84 Å². The Morgan fingerprint density at radius 2 is 2.05 bits per heavy atom. The molecular formula is C15H16N2O3. The third-order valence-corrected chi connectivity index (χ3v) is 2.86. The van der Waals surface area contributed by atoms with Crippen molar-refractivity contribution < 1.29 is 14.6 Å². The van der Waals surface area contributed by atoms with Crippen LogP contribution in [-0.2, 0) is 11.2 Å². The second-order valence-electron chi connectivity index (χ2n) is 4.30. The molecule has 1 aromatic carbocycles. The number of hydrogen-bond acceptors (Lipinski definition) is 4. The number of benzene rings is 1. The Morgan fingerprint density at radius 1 is 1.30 bits per heavy atom. The van der Waals surface area contributed by atoms with Crippen LogP contribution in [0.4, 0.5) is 0 Å². The predicted molar refractivity (Wildman–Crippen MR) is 73.7 cm³/mol. The van der Waals surface area contributed by atoms with Crippen molar-refractivity contribution in [3.63, 3.8) is 0 Å². The molecule has 104 valence electrons. The van der Waals surface area contributed by atoms with Crippen LogP contribution in [-0.4, -0.2) is 27.7 Å². The summed E-state index contributed by atoms with van der Waals surface area (Å²) in [6.07, 6.45) is 3.33. The van der Waals surface area contributed by atoms with Gasteiger partial charge in [-0.1, -0.05) is 30.3 Å². The summed E-state index contributed by atoms with van der Waals surface area (Å²) in [7, 11) is 0. The molecule has 0 aliphatic heterocycles. The number of aromatic nitrogens is 2. The molecule has 0 radical (unpaired) electrons. The Labute approximate surface area is 117 Å². The first-order valence-corrected chi connectivity index (χ1v) is 6.42. The van der Waals surface area contributed by atoms with E-state index in [4.69, 9.17) is 4.74 Å². The van der Waals surface area contributed by atoms with Crippen molar-refractivity contribution in [2.24, 2.45) is 0 Å². The second-order valence-corrected chi connectivity index (χ2v) is 4.30. The third-order valence-electron chi connectivity index (χ3n) is 2.86. The molecule has 2 rings (SSSR count). The van der Waals surface area contributed by atoms with Crippen molar-refractivity contribution in [3.05, 3.63) is 54.0 Å². The molecule has 5 heteroatoms. The number of carboxylic acid groups (broad SMARTS) is 1. The standard InChI is InChI=1S/C15H16N2O3/c1-2-20-14-10-16-9-13(17-14)12(15(18)19)8-11-6-4-3-5-7-11/h3-7,9-10,12H,2,8H2,1H3,(H,18,19). The Morgan fingerprint density at radius 3 is 2.70 bits per heavy atom. The van der Waals surface area contributed by atoms with E-state index in [9.17, 15) is 9.90 Å². The van der Waals surface area contributed by atoms with Gasteiger partial charge in [-0.15, -0.1) is 0 Å². The molecule has 0 bridgehead atoms. The Balaban J connectivity index is 2.24. The smallest absolute Gasteiger partial charge is 0.312 e. The summed E-state index contributed by atoms with van der Waals surface area (Å²) in [5, 5.41) is 9.40. The average molecular weight is 272 g/mol. The summed E-state index contributed by atoms with van der Waals surface area (Å²) in [6.45, 7) is 2.31. The molecule has 1 atom stereocenters. The normalized spacial score (nSPS) is 11.8. The van der Waals surface area contributed by atoms with Crippen LogP contribution in [0.1, 0.15) is 24.1 Å². The zero-order valence-corrected chi connectivity index (χ0v) is 11.2. The molecule has 5 nitrogen and oxygen atoms in total. The predicted octanol–water partition coefficient (Wildman–Crippen LogP) is 2.29. The first-order chi connectivity index (χ1) is 9.70. The maximum Gasteiger partial charge on any atom is 0.312 e. The Hall–Kier alpha value is -2.43. The summed E-state index contributed by atoms with van der Waals surface area (Å²) >= 11 is 0. The molecule has 1 unspecified atom stereocenters. The molecule has 2 aromatic rings. The van der Waals surface area contributed by atoms with E-state index >= 15 is 0 Å². The highest BCUT2D eigenvalue weighted by Gasteiger charge is 2.22. The molecule has 20 heavy (non-hydrogen) atoms. The lowest BCUT2D eigenvalue weighted by atomic mass is 9.96. The van der Waals surface area contributed by atoms with E-state index in [1.54, 1.807) is 0 Å². The van der Waals surface area contributed by atoms with E-state index in [0.717, 1.165) is 5.56 Å². The SMILES string of the molecule is CCOc1cncc(C(Cc2ccccc2)C(=O)O)n1. The first kappa shape index (κ1) is 14.0. The van der Waals surface area contributed by atoms with Gasteiger partial charge in [0, 0.05) is 6.20 Å². The molecule has 1 aromatic heterocycles. The molecule has 0 fully saturated rings. The summed E-state index contributed by atoms with van der Waals surface area (Å²) in [5.41, 5.74) is 1.36. The number of nitrogens with zero attached hydrogens (tertiary/aromatic N) is 2. The summed E-state index contributed by atoms with van der Waals surface area (Å²) < 4.78 is 5.26. The van der Waals surface area contributed by atoms with Crippen LogP contribution >= 0.6 is 0 Å². The lowest BCUT2D eigenvalue weighted by molar-refractivity contribution is -0.138. The van der Waals surface area contributed by atoms with Crippen LogP contribution in [0.5, 0.6) is 5.88 Å². The van der Waals surface area contributed by atoms with E-state index in [1.807, 2.05) is 37.3 Å². The van der Waals surface area contributed by atoms with E-state index in [1.165, 1.54) is 12.4 Å². The molecule has 0 spiro atoms. The van der Waals surface area contributed by atoms with Gasteiger partial charge in [-0.25, -0.2) is 4.98 Å². The highest BCUT2D eigenvalue weighted by molar-refractivity contribution is 5.75. The highest BCUT2D eigenvalue weighted by atomic mass is 16.5. The zero-order chi connectivity index (χ0) is 14.4. The van der Waals surface area contributed by atoms with Gasteiger partial charge in [-0.3, -0.25) is 9.78 Å². The number of ether oxygens (including phenoxy) is 1. The molecule has 1 N–H and O–H groups in total. The number of carboxylic acids is 1. The van der Waals surface area contributed by atoms with Crippen molar-refractivity contribution in [2.75, 3.05) is 6.61 Å². The molecule has 0 saturated heterocycles. The fourth-order valence-electron chi connectivity index (χ4n) is 1.92. The zero-order valence-electron chi connectivity index (χ0n) is 11.2. The van der Waals surface area contributed by atoms with Gasteiger partial charge >= 0.3 is 5.97 Å². The minimum atomic E-state index is -0.920. The first-order valence-electron chi connectivity index (χ1n) is 6.42. The van der Waals surface area contributed by atoms with Gasteiger partial charge in [0.2, 0.25) is 5.88 Å². The van der Waals surface area contributed by atoms with Crippen molar-refractivity contribution in [1.29, 1.82) is 0 Å². The van der Waals surface area contributed by atoms with Crippen LogP contribution in [0.2, 0.25) is 0 Å². The second kappa shape index (κ2) is 6.65. The van der Waals surface area contributed by atoms with Gasteiger partial charge in [0.15, 0.2) is 0 Å². The number of rotatable bonds is 6. The molecule has 0 aliphatic carbocycles. The minimum absolute atomic E-state index is 0.351. The maximum atomic E-state index is 11.5. The summed E-state index contributed by atoms with van der Waals surface area (Å²) in [4.78, 5) is 19.7. The lowest BCUT2D eigenvalue weighted by Crippen LogP contribution is -2.16. The minimum Gasteiger partial charge on any atom is -0.481 e. The molecule has 0 saturated carbocycles.